The topological polar surface area (TPSA) is 59.0 Å². The zero-order valence-corrected chi connectivity index (χ0v) is 13.8. The number of nitrogens with one attached hydrogen (secondary N) is 2. The summed E-state index contributed by atoms with van der Waals surface area (Å²) in [6, 6.07) is 14.8. The summed E-state index contributed by atoms with van der Waals surface area (Å²) < 4.78 is 1.69. The van der Waals surface area contributed by atoms with E-state index in [0.29, 0.717) is 27.0 Å². The molecule has 0 saturated heterocycles. The molecule has 1 aromatic heterocycles. The van der Waals surface area contributed by atoms with Gasteiger partial charge in [-0.3, -0.25) is 4.79 Å². The van der Waals surface area contributed by atoms with Crippen molar-refractivity contribution in [3.05, 3.63) is 75.9 Å². The number of anilines is 1. The first-order valence-corrected chi connectivity index (χ1v) is 8.05. The summed E-state index contributed by atoms with van der Waals surface area (Å²) in [5.74, 6) is 0.373. The summed E-state index contributed by atoms with van der Waals surface area (Å²) in [5, 5.41) is 11.4. The minimum absolute atomic E-state index is 0.230. The van der Waals surface area contributed by atoms with Gasteiger partial charge in [0.25, 0.3) is 5.91 Å². The Balaban J connectivity index is 1.80. The minimum atomic E-state index is -0.537. The Labute approximate surface area is 148 Å². The first-order valence-electron chi connectivity index (χ1n) is 7.30. The van der Waals surface area contributed by atoms with Crippen molar-refractivity contribution in [1.29, 1.82) is 0 Å². The van der Waals surface area contributed by atoms with Crippen molar-refractivity contribution >= 4 is 34.9 Å². The van der Waals surface area contributed by atoms with Crippen LogP contribution in [0.2, 0.25) is 10.0 Å². The van der Waals surface area contributed by atoms with E-state index in [9.17, 15) is 4.79 Å². The van der Waals surface area contributed by atoms with Gasteiger partial charge in [0, 0.05) is 15.6 Å². The number of nitrogens with zero attached hydrogens (tertiary/aromatic N) is 2. The van der Waals surface area contributed by atoms with Crippen molar-refractivity contribution in [2.75, 3.05) is 5.32 Å². The van der Waals surface area contributed by atoms with E-state index in [0.717, 1.165) is 5.69 Å². The molecule has 2 aromatic carbocycles. The molecular weight excluding hydrogens is 347 g/mol. The number of rotatable bonds is 2. The molecule has 0 radical (unpaired) electrons. The lowest BCUT2D eigenvalue weighted by Crippen LogP contribution is -2.39. The number of carbonyl (C=O) groups excluding carboxylic acids is 1. The summed E-state index contributed by atoms with van der Waals surface area (Å²) in [6.45, 7) is 0. The maximum atomic E-state index is 12.4. The largest absolute Gasteiger partial charge is 0.345 e. The van der Waals surface area contributed by atoms with Crippen molar-refractivity contribution in [1.82, 2.24) is 15.1 Å². The zero-order valence-electron chi connectivity index (χ0n) is 12.3. The van der Waals surface area contributed by atoms with Gasteiger partial charge in [0.2, 0.25) is 0 Å². The molecule has 1 aliphatic rings. The van der Waals surface area contributed by atoms with E-state index in [1.54, 1.807) is 22.9 Å². The molecule has 4 rings (SSSR count). The highest BCUT2D eigenvalue weighted by atomic mass is 35.5. The SMILES string of the molecule is O=C1N[C@@H](c2c(Cl)cccc2Cl)Nc2c1cnn2-c1ccccc1. The number of hydrogen-bond acceptors (Lipinski definition) is 3. The summed E-state index contributed by atoms with van der Waals surface area (Å²) in [4.78, 5) is 12.4. The maximum absolute atomic E-state index is 12.4. The number of benzene rings is 2. The average Bonchev–Trinajstić information content (AvgIpc) is 3.00. The van der Waals surface area contributed by atoms with Gasteiger partial charge in [-0.25, -0.2) is 4.68 Å². The van der Waals surface area contributed by atoms with Crippen LogP contribution >= 0.6 is 23.2 Å². The van der Waals surface area contributed by atoms with E-state index in [1.165, 1.54) is 6.20 Å². The second-order valence-electron chi connectivity index (χ2n) is 5.34. The van der Waals surface area contributed by atoms with E-state index in [1.807, 2.05) is 30.3 Å². The molecule has 24 heavy (non-hydrogen) atoms. The summed E-state index contributed by atoms with van der Waals surface area (Å²) in [5.41, 5.74) is 1.95. The summed E-state index contributed by atoms with van der Waals surface area (Å²) in [7, 11) is 0. The molecule has 3 aromatic rings. The number of halogens is 2. The van der Waals surface area contributed by atoms with Gasteiger partial charge in [0.1, 0.15) is 17.5 Å². The van der Waals surface area contributed by atoms with Crippen LogP contribution in [0.4, 0.5) is 5.82 Å². The first kappa shape index (κ1) is 15.1. The molecule has 1 atom stereocenters. The molecule has 1 aliphatic heterocycles. The Bertz CT molecular complexity index is 903. The third kappa shape index (κ3) is 2.42. The second-order valence-corrected chi connectivity index (χ2v) is 6.15. The van der Waals surface area contributed by atoms with Crippen LogP contribution in [0.1, 0.15) is 22.1 Å². The normalized spacial score (nSPS) is 16.2. The second kappa shape index (κ2) is 5.85. The maximum Gasteiger partial charge on any atom is 0.258 e. The molecule has 0 saturated carbocycles. The van der Waals surface area contributed by atoms with Crippen molar-refractivity contribution in [2.24, 2.45) is 0 Å². The van der Waals surface area contributed by atoms with Crippen molar-refractivity contribution in [3.8, 4) is 5.69 Å². The van der Waals surface area contributed by atoms with Gasteiger partial charge in [-0.15, -0.1) is 0 Å². The van der Waals surface area contributed by atoms with Gasteiger partial charge in [-0.2, -0.15) is 5.10 Å². The van der Waals surface area contributed by atoms with Crippen LogP contribution in [-0.4, -0.2) is 15.7 Å². The highest BCUT2D eigenvalue weighted by Crippen LogP contribution is 2.35. The molecule has 5 nitrogen and oxygen atoms in total. The van der Waals surface area contributed by atoms with Crippen molar-refractivity contribution in [2.45, 2.75) is 6.17 Å². The molecule has 120 valence electrons. The van der Waals surface area contributed by atoms with Crippen molar-refractivity contribution < 1.29 is 4.79 Å². The predicted octanol–water partition coefficient (Wildman–Crippen LogP) is 4.03. The van der Waals surface area contributed by atoms with Gasteiger partial charge >= 0.3 is 0 Å². The Kier molecular flexibility index (Phi) is 3.67. The fourth-order valence-corrected chi connectivity index (χ4v) is 3.35. The van der Waals surface area contributed by atoms with Gasteiger partial charge in [0.15, 0.2) is 0 Å². The summed E-state index contributed by atoms with van der Waals surface area (Å²) >= 11 is 12.5. The third-order valence-electron chi connectivity index (χ3n) is 3.86. The lowest BCUT2D eigenvalue weighted by Gasteiger charge is -2.28. The van der Waals surface area contributed by atoms with E-state index < -0.39 is 6.17 Å². The van der Waals surface area contributed by atoms with Gasteiger partial charge in [-0.1, -0.05) is 47.5 Å². The van der Waals surface area contributed by atoms with Crippen molar-refractivity contribution in [3.63, 3.8) is 0 Å². The van der Waals surface area contributed by atoms with E-state index in [4.69, 9.17) is 23.2 Å². The predicted molar refractivity (Wildman–Crippen MR) is 93.9 cm³/mol. The fraction of sp³-hybridized carbons (Fsp3) is 0.0588. The van der Waals surface area contributed by atoms with Gasteiger partial charge in [-0.05, 0) is 24.3 Å². The van der Waals surface area contributed by atoms with Crippen LogP contribution in [0.3, 0.4) is 0 Å². The fourth-order valence-electron chi connectivity index (χ4n) is 2.73. The highest BCUT2D eigenvalue weighted by molar-refractivity contribution is 6.36. The van der Waals surface area contributed by atoms with E-state index in [-0.39, 0.29) is 5.91 Å². The lowest BCUT2D eigenvalue weighted by molar-refractivity contribution is 0.0935. The molecule has 2 heterocycles. The molecule has 0 fully saturated rings. The Morgan fingerprint density at radius 2 is 1.67 bits per heavy atom. The van der Waals surface area contributed by atoms with E-state index >= 15 is 0 Å². The molecule has 1 amide bonds. The first-order chi connectivity index (χ1) is 11.6. The smallest absolute Gasteiger partial charge is 0.258 e. The molecule has 0 unspecified atom stereocenters. The Morgan fingerprint density at radius 1 is 0.958 bits per heavy atom. The van der Waals surface area contributed by atoms with Crippen LogP contribution in [0.25, 0.3) is 5.69 Å². The molecule has 0 aliphatic carbocycles. The molecular formula is C17H12Cl2N4O. The Hall–Kier alpha value is -2.50. The number of hydrogen-bond donors (Lipinski definition) is 2. The van der Waals surface area contributed by atoms with Crippen LogP contribution in [0.5, 0.6) is 0 Å². The number of amides is 1. The van der Waals surface area contributed by atoms with Gasteiger partial charge in [0.05, 0.1) is 11.9 Å². The average molecular weight is 359 g/mol. The van der Waals surface area contributed by atoms with E-state index in [2.05, 4.69) is 15.7 Å². The Morgan fingerprint density at radius 3 is 2.38 bits per heavy atom. The van der Waals surface area contributed by atoms with Crippen LogP contribution in [-0.2, 0) is 0 Å². The number of fused-ring (bicyclic) bond motifs is 1. The number of para-hydroxylation sites is 1. The standard InChI is InChI=1S/C17H12Cl2N4O/c18-12-7-4-8-13(19)14(12)15-21-16-11(17(24)22-15)9-20-23(16)10-5-2-1-3-6-10/h1-9,15,21H,(H,22,24)/t15-/m0/s1. The molecule has 0 spiro atoms. The number of aromatic nitrogens is 2. The lowest BCUT2D eigenvalue weighted by atomic mass is 10.1. The highest BCUT2D eigenvalue weighted by Gasteiger charge is 2.30. The molecule has 2 N–H and O–H groups in total. The van der Waals surface area contributed by atoms with Crippen LogP contribution in [0, 0.1) is 0 Å². The molecule has 7 heteroatoms. The molecule has 0 bridgehead atoms. The van der Waals surface area contributed by atoms with Crippen LogP contribution in [0.15, 0.2) is 54.7 Å². The third-order valence-corrected chi connectivity index (χ3v) is 4.52. The summed E-state index contributed by atoms with van der Waals surface area (Å²) in [6.07, 6.45) is 1.00. The van der Waals surface area contributed by atoms with Gasteiger partial charge < -0.3 is 10.6 Å². The van der Waals surface area contributed by atoms with Crippen LogP contribution < -0.4 is 10.6 Å². The number of carbonyl (C=O) groups is 1. The minimum Gasteiger partial charge on any atom is -0.345 e. The quantitative estimate of drug-likeness (QED) is 0.726. The zero-order chi connectivity index (χ0) is 16.7. The monoisotopic (exact) mass is 358 g/mol.